The molecule has 1 aromatic carbocycles. The van der Waals surface area contributed by atoms with Gasteiger partial charge in [-0.15, -0.1) is 0 Å². The summed E-state index contributed by atoms with van der Waals surface area (Å²) in [6, 6.07) is 8.25. The lowest BCUT2D eigenvalue weighted by Crippen LogP contribution is -2.44. The van der Waals surface area contributed by atoms with E-state index in [0.717, 1.165) is 24.2 Å². The summed E-state index contributed by atoms with van der Waals surface area (Å²) in [5.41, 5.74) is -0.341. The third kappa shape index (κ3) is 2.12. The molecule has 0 aromatic heterocycles. The summed E-state index contributed by atoms with van der Waals surface area (Å²) >= 11 is 0. The molecule has 3 rings (SSSR count). The van der Waals surface area contributed by atoms with Crippen LogP contribution in [0.15, 0.2) is 24.3 Å². The summed E-state index contributed by atoms with van der Waals surface area (Å²) in [5.74, 6) is 0.821. The standard InChI is InChI=1S/C15H20FNO/c1-2-18-14-7-3-11(4-8-14)15(16)9-12-5-6-13(10-15)17-12/h3-4,7-8,12-13,17H,2,5-6,9-10H2,1H3. The van der Waals surface area contributed by atoms with Crippen LogP contribution in [0.4, 0.5) is 4.39 Å². The third-order valence-corrected chi connectivity index (χ3v) is 4.16. The van der Waals surface area contributed by atoms with Crippen molar-refractivity contribution in [2.75, 3.05) is 6.61 Å². The number of hydrogen-bond donors (Lipinski definition) is 1. The van der Waals surface area contributed by atoms with Crippen molar-refractivity contribution in [2.24, 2.45) is 0 Å². The van der Waals surface area contributed by atoms with Gasteiger partial charge in [0.15, 0.2) is 0 Å². The largest absolute Gasteiger partial charge is 0.494 e. The number of alkyl halides is 1. The van der Waals surface area contributed by atoms with Crippen LogP contribution >= 0.6 is 0 Å². The number of rotatable bonds is 3. The Hall–Kier alpha value is -1.09. The molecule has 2 fully saturated rings. The van der Waals surface area contributed by atoms with Crippen LogP contribution in [-0.2, 0) is 5.67 Å². The van der Waals surface area contributed by atoms with Crippen LogP contribution in [0.2, 0.25) is 0 Å². The van der Waals surface area contributed by atoms with Crippen molar-refractivity contribution in [3.63, 3.8) is 0 Å². The molecule has 0 radical (unpaired) electrons. The minimum atomic E-state index is -1.15. The maximum absolute atomic E-state index is 15.1. The predicted molar refractivity (Wildman–Crippen MR) is 69.6 cm³/mol. The molecule has 0 aliphatic carbocycles. The molecule has 2 aliphatic rings. The lowest BCUT2D eigenvalue weighted by molar-refractivity contribution is 0.0873. The Labute approximate surface area is 108 Å². The first-order chi connectivity index (χ1) is 8.69. The summed E-state index contributed by atoms with van der Waals surface area (Å²) in [5, 5.41) is 3.48. The molecule has 2 bridgehead atoms. The molecule has 18 heavy (non-hydrogen) atoms. The van der Waals surface area contributed by atoms with Gasteiger partial charge < -0.3 is 10.1 Å². The van der Waals surface area contributed by atoms with Gasteiger partial charge in [-0.2, -0.15) is 0 Å². The lowest BCUT2D eigenvalue weighted by atomic mass is 9.83. The zero-order valence-corrected chi connectivity index (χ0v) is 10.8. The van der Waals surface area contributed by atoms with E-state index in [1.807, 2.05) is 31.2 Å². The SMILES string of the molecule is CCOc1ccc(C2(F)CC3CCC(C2)N3)cc1. The fraction of sp³-hybridized carbons (Fsp3) is 0.600. The summed E-state index contributed by atoms with van der Waals surface area (Å²) < 4.78 is 20.5. The summed E-state index contributed by atoms with van der Waals surface area (Å²) in [7, 11) is 0. The molecule has 2 heterocycles. The van der Waals surface area contributed by atoms with Gasteiger partial charge in [0, 0.05) is 24.9 Å². The Balaban J connectivity index is 1.80. The van der Waals surface area contributed by atoms with Crippen molar-refractivity contribution in [3.05, 3.63) is 29.8 Å². The van der Waals surface area contributed by atoms with E-state index >= 15 is 4.39 Å². The van der Waals surface area contributed by atoms with E-state index in [1.165, 1.54) is 0 Å². The molecular weight excluding hydrogens is 229 g/mol. The zero-order chi connectivity index (χ0) is 12.6. The van der Waals surface area contributed by atoms with Gasteiger partial charge in [0.25, 0.3) is 0 Å². The van der Waals surface area contributed by atoms with E-state index in [4.69, 9.17) is 4.74 Å². The molecule has 98 valence electrons. The maximum Gasteiger partial charge on any atom is 0.139 e. The van der Waals surface area contributed by atoms with Gasteiger partial charge in [0.05, 0.1) is 6.61 Å². The number of benzene rings is 1. The molecule has 1 aromatic rings. The van der Waals surface area contributed by atoms with Gasteiger partial charge in [-0.3, -0.25) is 0 Å². The van der Waals surface area contributed by atoms with Gasteiger partial charge in [-0.05, 0) is 37.5 Å². The molecule has 0 spiro atoms. The van der Waals surface area contributed by atoms with Crippen LogP contribution in [-0.4, -0.2) is 18.7 Å². The molecule has 1 N–H and O–H groups in total. The van der Waals surface area contributed by atoms with Gasteiger partial charge in [-0.25, -0.2) is 4.39 Å². The fourth-order valence-electron chi connectivity index (χ4n) is 3.34. The smallest absolute Gasteiger partial charge is 0.139 e. The number of nitrogens with one attached hydrogen (secondary N) is 1. The Morgan fingerprint density at radius 3 is 2.39 bits per heavy atom. The lowest BCUT2D eigenvalue weighted by Gasteiger charge is -2.35. The van der Waals surface area contributed by atoms with Crippen molar-refractivity contribution in [2.45, 2.75) is 50.4 Å². The highest BCUT2D eigenvalue weighted by atomic mass is 19.1. The highest BCUT2D eigenvalue weighted by molar-refractivity contribution is 5.32. The zero-order valence-electron chi connectivity index (χ0n) is 10.8. The van der Waals surface area contributed by atoms with Crippen molar-refractivity contribution < 1.29 is 9.13 Å². The molecule has 0 saturated carbocycles. The Kier molecular flexibility index (Phi) is 3.02. The van der Waals surface area contributed by atoms with Crippen LogP contribution in [0.3, 0.4) is 0 Å². The van der Waals surface area contributed by atoms with Crippen molar-refractivity contribution in [1.82, 2.24) is 5.32 Å². The quantitative estimate of drug-likeness (QED) is 0.888. The second-order valence-electron chi connectivity index (χ2n) is 5.47. The van der Waals surface area contributed by atoms with Gasteiger partial charge in [0.1, 0.15) is 11.4 Å². The molecule has 2 nitrogen and oxygen atoms in total. The topological polar surface area (TPSA) is 21.3 Å². The Bertz CT molecular complexity index is 405. The van der Waals surface area contributed by atoms with Gasteiger partial charge in [0.2, 0.25) is 0 Å². The number of halogens is 1. The molecule has 2 unspecified atom stereocenters. The highest BCUT2D eigenvalue weighted by Gasteiger charge is 2.45. The second-order valence-corrected chi connectivity index (χ2v) is 5.47. The first kappa shape index (κ1) is 12.0. The number of ether oxygens (including phenoxy) is 1. The van der Waals surface area contributed by atoms with E-state index in [-0.39, 0.29) is 0 Å². The minimum absolute atomic E-state index is 0.361. The summed E-state index contributed by atoms with van der Waals surface area (Å²) in [6.45, 7) is 2.60. The first-order valence-corrected chi connectivity index (χ1v) is 6.88. The van der Waals surface area contributed by atoms with Crippen LogP contribution in [0.25, 0.3) is 0 Å². The first-order valence-electron chi connectivity index (χ1n) is 6.88. The van der Waals surface area contributed by atoms with Crippen LogP contribution in [0, 0.1) is 0 Å². The van der Waals surface area contributed by atoms with Crippen LogP contribution in [0.1, 0.15) is 38.2 Å². The second kappa shape index (κ2) is 4.54. The fourth-order valence-corrected chi connectivity index (χ4v) is 3.34. The van der Waals surface area contributed by atoms with Crippen LogP contribution in [0.5, 0.6) is 5.75 Å². The average Bonchev–Trinajstić information content (AvgIpc) is 2.70. The van der Waals surface area contributed by atoms with Gasteiger partial charge in [-0.1, -0.05) is 12.1 Å². The maximum atomic E-state index is 15.1. The monoisotopic (exact) mass is 249 g/mol. The van der Waals surface area contributed by atoms with Crippen LogP contribution < -0.4 is 10.1 Å². The molecule has 2 atom stereocenters. The third-order valence-electron chi connectivity index (χ3n) is 4.16. The number of piperidine rings is 1. The highest BCUT2D eigenvalue weighted by Crippen LogP contribution is 2.43. The molecule has 0 amide bonds. The van der Waals surface area contributed by atoms with Crippen molar-refractivity contribution in [1.29, 1.82) is 0 Å². The molecule has 2 aliphatic heterocycles. The van der Waals surface area contributed by atoms with E-state index < -0.39 is 5.67 Å². The van der Waals surface area contributed by atoms with Crippen molar-refractivity contribution >= 4 is 0 Å². The molecular formula is C15H20FNO. The van der Waals surface area contributed by atoms with Gasteiger partial charge >= 0.3 is 0 Å². The Morgan fingerprint density at radius 2 is 1.83 bits per heavy atom. The normalized spacial score (nSPS) is 34.6. The predicted octanol–water partition coefficient (Wildman–Crippen LogP) is 3.16. The summed E-state index contributed by atoms with van der Waals surface area (Å²) in [6.07, 6.45) is 3.45. The average molecular weight is 249 g/mol. The molecule has 3 heteroatoms. The molecule has 2 saturated heterocycles. The minimum Gasteiger partial charge on any atom is -0.494 e. The Morgan fingerprint density at radius 1 is 1.22 bits per heavy atom. The van der Waals surface area contributed by atoms with E-state index in [2.05, 4.69) is 5.32 Å². The van der Waals surface area contributed by atoms with E-state index in [9.17, 15) is 0 Å². The summed E-state index contributed by atoms with van der Waals surface area (Å²) in [4.78, 5) is 0. The number of hydrogen-bond acceptors (Lipinski definition) is 2. The van der Waals surface area contributed by atoms with Crippen molar-refractivity contribution in [3.8, 4) is 5.75 Å². The van der Waals surface area contributed by atoms with E-state index in [1.54, 1.807) is 0 Å². The number of fused-ring (bicyclic) bond motifs is 2. The van der Waals surface area contributed by atoms with E-state index in [0.29, 0.717) is 31.5 Å².